The molecule has 0 unspecified atom stereocenters. The van der Waals surface area contributed by atoms with E-state index in [1.807, 2.05) is 25.1 Å². The predicted molar refractivity (Wildman–Crippen MR) is 95.1 cm³/mol. The molecule has 0 aliphatic rings. The first kappa shape index (κ1) is 16.9. The van der Waals surface area contributed by atoms with E-state index >= 15 is 0 Å². The van der Waals surface area contributed by atoms with E-state index in [1.165, 1.54) is 18.0 Å². The fraction of sp³-hybridized carbons (Fsp3) is 0.250. The molecule has 0 aliphatic carbocycles. The van der Waals surface area contributed by atoms with Crippen LogP contribution in [0.1, 0.15) is 15.4 Å². The zero-order valence-electron chi connectivity index (χ0n) is 14.0. The molecule has 3 aromatic rings. The first-order valence-corrected chi connectivity index (χ1v) is 8.31. The average molecular weight is 359 g/mol. The van der Waals surface area contributed by atoms with Gasteiger partial charge in [-0.2, -0.15) is 0 Å². The van der Waals surface area contributed by atoms with Crippen molar-refractivity contribution in [1.82, 2.24) is 20.1 Å². The minimum Gasteiger partial charge on any atom is -0.479 e. The number of thiazole rings is 1. The molecule has 0 radical (unpaired) electrons. The predicted octanol–water partition coefficient (Wildman–Crippen LogP) is 1.72. The van der Waals surface area contributed by atoms with Crippen molar-refractivity contribution in [2.45, 2.75) is 6.92 Å². The highest BCUT2D eigenvalue weighted by atomic mass is 32.1. The van der Waals surface area contributed by atoms with Crippen LogP contribution in [0.2, 0.25) is 0 Å². The lowest BCUT2D eigenvalue weighted by Gasteiger charge is -2.07. The number of nitrogens with one attached hydrogen (secondary N) is 2. The summed E-state index contributed by atoms with van der Waals surface area (Å²) < 4.78 is 7.57. The number of anilines is 1. The van der Waals surface area contributed by atoms with Crippen LogP contribution in [0.4, 0.5) is 5.69 Å². The zero-order valence-corrected chi connectivity index (χ0v) is 14.8. The highest BCUT2D eigenvalue weighted by molar-refractivity contribution is 7.18. The molecule has 0 saturated heterocycles. The molecule has 0 aliphatic heterocycles. The normalized spacial score (nSPS) is 10.7. The monoisotopic (exact) mass is 359 g/mol. The Morgan fingerprint density at radius 3 is 2.92 bits per heavy atom. The van der Waals surface area contributed by atoms with E-state index in [2.05, 4.69) is 20.7 Å². The Balaban J connectivity index is 1.60. The van der Waals surface area contributed by atoms with Gasteiger partial charge in [-0.3, -0.25) is 14.3 Å². The second-order valence-corrected chi connectivity index (χ2v) is 6.61. The third-order valence-electron chi connectivity index (χ3n) is 3.42. The number of methoxy groups -OCH3 is 1. The van der Waals surface area contributed by atoms with Crippen LogP contribution in [0.3, 0.4) is 0 Å². The topological polar surface area (TPSA) is 98.1 Å². The fourth-order valence-electron chi connectivity index (χ4n) is 2.36. The van der Waals surface area contributed by atoms with Gasteiger partial charge in [-0.25, -0.2) is 4.98 Å². The molecule has 25 heavy (non-hydrogen) atoms. The molecule has 9 heteroatoms. The standard InChI is InChI=1S/C16H17N5O3S/c1-9-18-12-6-10(4-5-13(12)25-9)19-14(22)7-17-15(23)11-8-21(2)20-16(11)24-3/h4-6,8H,7H2,1-3H3,(H,17,23)(H,19,22). The fourth-order valence-corrected chi connectivity index (χ4v) is 3.16. The van der Waals surface area contributed by atoms with Gasteiger partial charge in [-0.1, -0.05) is 0 Å². The molecule has 2 amide bonds. The maximum Gasteiger partial charge on any atom is 0.258 e. The van der Waals surface area contributed by atoms with Crippen LogP contribution in [-0.2, 0) is 11.8 Å². The third-order valence-corrected chi connectivity index (χ3v) is 4.37. The zero-order chi connectivity index (χ0) is 18.0. The van der Waals surface area contributed by atoms with Crippen molar-refractivity contribution >= 4 is 39.1 Å². The van der Waals surface area contributed by atoms with Crippen molar-refractivity contribution in [3.8, 4) is 5.88 Å². The second kappa shape index (κ2) is 6.89. The van der Waals surface area contributed by atoms with Crippen LogP contribution in [0, 0.1) is 6.92 Å². The number of rotatable bonds is 5. The molecule has 0 fully saturated rings. The lowest BCUT2D eigenvalue weighted by atomic mass is 10.3. The van der Waals surface area contributed by atoms with Crippen LogP contribution < -0.4 is 15.4 Å². The van der Waals surface area contributed by atoms with Crippen LogP contribution >= 0.6 is 11.3 Å². The van der Waals surface area contributed by atoms with Gasteiger partial charge in [0.25, 0.3) is 5.91 Å². The third kappa shape index (κ3) is 3.77. The van der Waals surface area contributed by atoms with Crippen LogP contribution in [-0.4, -0.2) is 40.2 Å². The lowest BCUT2D eigenvalue weighted by Crippen LogP contribution is -2.32. The van der Waals surface area contributed by atoms with Crippen LogP contribution in [0.5, 0.6) is 5.88 Å². The Kier molecular flexibility index (Phi) is 4.66. The number of amides is 2. The molecule has 130 valence electrons. The quantitative estimate of drug-likeness (QED) is 0.723. The summed E-state index contributed by atoms with van der Waals surface area (Å²) in [6.07, 6.45) is 1.53. The molecule has 1 aromatic carbocycles. The number of fused-ring (bicyclic) bond motifs is 1. The number of nitrogens with zero attached hydrogens (tertiary/aromatic N) is 3. The van der Waals surface area contributed by atoms with Gasteiger partial charge in [0.15, 0.2) is 0 Å². The Labute approximate surface area is 147 Å². The second-order valence-electron chi connectivity index (χ2n) is 5.37. The largest absolute Gasteiger partial charge is 0.479 e. The van der Waals surface area contributed by atoms with Crippen molar-refractivity contribution in [1.29, 1.82) is 0 Å². The van der Waals surface area contributed by atoms with Gasteiger partial charge in [-0.15, -0.1) is 16.4 Å². The van der Waals surface area contributed by atoms with Crippen molar-refractivity contribution in [2.75, 3.05) is 19.0 Å². The molecular formula is C16H17N5O3S. The minimum atomic E-state index is -0.425. The summed E-state index contributed by atoms with van der Waals surface area (Å²) in [6.45, 7) is 1.77. The van der Waals surface area contributed by atoms with Gasteiger partial charge < -0.3 is 15.4 Å². The minimum absolute atomic E-state index is 0.162. The van der Waals surface area contributed by atoms with Gasteiger partial charge >= 0.3 is 0 Å². The van der Waals surface area contributed by atoms with Crippen molar-refractivity contribution < 1.29 is 14.3 Å². The van der Waals surface area contributed by atoms with E-state index < -0.39 is 5.91 Å². The molecule has 0 spiro atoms. The Bertz CT molecular complexity index is 947. The van der Waals surface area contributed by atoms with Gasteiger partial charge in [0.2, 0.25) is 11.8 Å². The van der Waals surface area contributed by atoms with E-state index in [1.54, 1.807) is 18.4 Å². The first-order valence-electron chi connectivity index (χ1n) is 7.49. The summed E-state index contributed by atoms with van der Waals surface area (Å²) in [5, 5.41) is 10.3. The highest BCUT2D eigenvalue weighted by Crippen LogP contribution is 2.24. The van der Waals surface area contributed by atoms with E-state index in [-0.39, 0.29) is 23.9 Å². The van der Waals surface area contributed by atoms with E-state index in [9.17, 15) is 9.59 Å². The van der Waals surface area contributed by atoms with Crippen molar-refractivity contribution in [3.05, 3.63) is 35.0 Å². The van der Waals surface area contributed by atoms with Gasteiger partial charge in [-0.05, 0) is 25.1 Å². The number of carbonyl (C=O) groups excluding carboxylic acids is 2. The van der Waals surface area contributed by atoms with Crippen LogP contribution in [0.25, 0.3) is 10.2 Å². The van der Waals surface area contributed by atoms with Crippen molar-refractivity contribution in [2.24, 2.45) is 7.05 Å². The molecule has 2 heterocycles. The maximum absolute atomic E-state index is 12.1. The number of aryl methyl sites for hydroxylation is 2. The lowest BCUT2D eigenvalue weighted by molar-refractivity contribution is -0.115. The molecule has 8 nitrogen and oxygen atoms in total. The number of benzene rings is 1. The Morgan fingerprint density at radius 2 is 2.16 bits per heavy atom. The van der Waals surface area contributed by atoms with E-state index in [0.717, 1.165) is 15.2 Å². The number of hydrogen-bond acceptors (Lipinski definition) is 6. The summed E-state index contributed by atoms with van der Waals surface area (Å²) in [5.74, 6) is -0.544. The molecule has 0 atom stereocenters. The van der Waals surface area contributed by atoms with E-state index in [0.29, 0.717) is 5.69 Å². The van der Waals surface area contributed by atoms with Crippen LogP contribution in [0.15, 0.2) is 24.4 Å². The van der Waals surface area contributed by atoms with Gasteiger partial charge in [0.1, 0.15) is 5.56 Å². The number of carbonyl (C=O) groups is 2. The number of hydrogen-bond donors (Lipinski definition) is 2. The summed E-state index contributed by atoms with van der Waals surface area (Å²) in [6, 6.07) is 5.53. The average Bonchev–Trinajstić information content (AvgIpc) is 3.13. The smallest absolute Gasteiger partial charge is 0.258 e. The maximum atomic E-state index is 12.1. The van der Waals surface area contributed by atoms with E-state index in [4.69, 9.17) is 4.74 Å². The summed E-state index contributed by atoms with van der Waals surface area (Å²) in [7, 11) is 3.12. The molecule has 0 saturated carbocycles. The number of ether oxygens (including phenoxy) is 1. The molecule has 0 bridgehead atoms. The summed E-state index contributed by atoms with van der Waals surface area (Å²) in [5.41, 5.74) is 1.75. The molecular weight excluding hydrogens is 342 g/mol. The first-order chi connectivity index (χ1) is 12.0. The van der Waals surface area contributed by atoms with Gasteiger partial charge in [0, 0.05) is 18.9 Å². The molecule has 2 N–H and O–H groups in total. The van der Waals surface area contributed by atoms with Gasteiger partial charge in [0.05, 0.1) is 28.9 Å². The summed E-state index contributed by atoms with van der Waals surface area (Å²) in [4.78, 5) is 28.6. The Morgan fingerprint density at radius 1 is 1.36 bits per heavy atom. The highest BCUT2D eigenvalue weighted by Gasteiger charge is 2.17. The summed E-state index contributed by atoms with van der Waals surface area (Å²) >= 11 is 1.60. The Hall–Kier alpha value is -2.94. The number of aromatic nitrogens is 3. The van der Waals surface area contributed by atoms with Crippen molar-refractivity contribution in [3.63, 3.8) is 0 Å². The SMILES string of the molecule is COc1nn(C)cc1C(=O)NCC(=O)Nc1ccc2sc(C)nc2c1. The molecule has 2 aromatic heterocycles. The molecule has 3 rings (SSSR count).